The molecule has 1 aromatic carbocycles. The Hall–Kier alpha value is -2.63. The number of carbonyl (C=O) groups is 2. The van der Waals surface area contributed by atoms with Gasteiger partial charge in [0.05, 0.1) is 5.56 Å². The van der Waals surface area contributed by atoms with E-state index >= 15 is 0 Å². The Morgan fingerprint density at radius 2 is 2.20 bits per heavy atom. The number of H-pyrrole nitrogens is 1. The van der Waals surface area contributed by atoms with Crippen LogP contribution in [0.2, 0.25) is 0 Å². The molecule has 0 spiro atoms. The zero-order chi connectivity index (χ0) is 17.4. The number of fused-ring (bicyclic) bond motifs is 1. The summed E-state index contributed by atoms with van der Waals surface area (Å²) in [6.07, 6.45) is 4.09. The van der Waals surface area contributed by atoms with Crippen LogP contribution in [0.1, 0.15) is 47.3 Å². The molecule has 2 atom stereocenters. The monoisotopic (exact) mass is 339 g/mol. The number of ether oxygens (including phenoxy) is 1. The van der Waals surface area contributed by atoms with Gasteiger partial charge in [0.15, 0.2) is 5.60 Å². The van der Waals surface area contributed by atoms with Crippen LogP contribution in [-0.4, -0.2) is 45.7 Å². The summed E-state index contributed by atoms with van der Waals surface area (Å²) < 4.78 is 5.59. The molecule has 1 amide bonds. The first-order chi connectivity index (χ1) is 12.1. The number of nitrogens with zero attached hydrogens (tertiary/aromatic N) is 2. The first-order valence-corrected chi connectivity index (χ1v) is 8.67. The van der Waals surface area contributed by atoms with E-state index in [1.807, 2.05) is 29.2 Å². The third-order valence-electron chi connectivity index (χ3n) is 5.21. The van der Waals surface area contributed by atoms with E-state index in [2.05, 4.69) is 10.2 Å². The van der Waals surface area contributed by atoms with Crippen molar-refractivity contribution in [1.29, 1.82) is 0 Å². The second-order valence-electron chi connectivity index (χ2n) is 7.06. The Morgan fingerprint density at radius 1 is 1.36 bits per heavy atom. The van der Waals surface area contributed by atoms with Gasteiger partial charge in [-0.25, -0.2) is 4.79 Å². The number of aromatic amines is 1. The van der Waals surface area contributed by atoms with Gasteiger partial charge in [0.25, 0.3) is 5.91 Å². The molecule has 0 radical (unpaired) electrons. The molecule has 1 N–H and O–H groups in total. The molecule has 4 rings (SSSR count). The van der Waals surface area contributed by atoms with Gasteiger partial charge in [-0.1, -0.05) is 18.2 Å². The summed E-state index contributed by atoms with van der Waals surface area (Å²) >= 11 is 0. The normalized spacial score (nSPS) is 26.0. The molecular formula is C19H21N3O3. The summed E-state index contributed by atoms with van der Waals surface area (Å²) in [5.74, 6) is -0.283. The van der Waals surface area contributed by atoms with Crippen molar-refractivity contribution < 1.29 is 14.3 Å². The molecule has 0 aliphatic carbocycles. The quantitative estimate of drug-likeness (QED) is 0.852. The highest BCUT2D eigenvalue weighted by molar-refractivity contribution is 5.97. The Morgan fingerprint density at radius 3 is 3.00 bits per heavy atom. The van der Waals surface area contributed by atoms with Gasteiger partial charge in [0.2, 0.25) is 0 Å². The van der Waals surface area contributed by atoms with Crippen LogP contribution < -0.4 is 0 Å². The summed E-state index contributed by atoms with van der Waals surface area (Å²) in [7, 11) is 0. The van der Waals surface area contributed by atoms with E-state index in [-0.39, 0.29) is 11.8 Å². The molecule has 1 fully saturated rings. The van der Waals surface area contributed by atoms with Crippen LogP contribution in [0.3, 0.4) is 0 Å². The summed E-state index contributed by atoms with van der Waals surface area (Å²) in [4.78, 5) is 27.3. The van der Waals surface area contributed by atoms with E-state index in [9.17, 15) is 9.59 Å². The number of esters is 1. The van der Waals surface area contributed by atoms with Gasteiger partial charge in [-0.2, -0.15) is 5.10 Å². The smallest absolute Gasteiger partial charge is 0.339 e. The van der Waals surface area contributed by atoms with Crippen LogP contribution in [0.4, 0.5) is 0 Å². The van der Waals surface area contributed by atoms with Crippen molar-refractivity contribution in [2.75, 3.05) is 13.1 Å². The van der Waals surface area contributed by atoms with E-state index in [1.54, 1.807) is 19.2 Å². The number of cyclic esters (lactones) is 1. The average molecular weight is 339 g/mol. The van der Waals surface area contributed by atoms with Crippen molar-refractivity contribution in [1.82, 2.24) is 15.1 Å². The molecule has 2 aliphatic rings. The number of carbonyl (C=O) groups excluding carboxylic acids is 2. The van der Waals surface area contributed by atoms with Crippen molar-refractivity contribution in [2.24, 2.45) is 0 Å². The van der Waals surface area contributed by atoms with E-state index in [1.165, 1.54) is 0 Å². The zero-order valence-electron chi connectivity index (χ0n) is 14.2. The fraction of sp³-hybridized carbons (Fsp3) is 0.421. The molecule has 2 aromatic rings. The summed E-state index contributed by atoms with van der Waals surface area (Å²) in [5.41, 5.74) is 1.34. The van der Waals surface area contributed by atoms with Crippen LogP contribution in [0.15, 0.2) is 36.5 Å². The zero-order valence-corrected chi connectivity index (χ0v) is 14.2. The number of piperidine rings is 1. The highest BCUT2D eigenvalue weighted by atomic mass is 16.6. The Labute approximate surface area is 146 Å². The van der Waals surface area contributed by atoms with E-state index < -0.39 is 11.6 Å². The number of rotatable bonds is 2. The lowest BCUT2D eigenvalue weighted by Gasteiger charge is -2.40. The second-order valence-corrected chi connectivity index (χ2v) is 7.06. The summed E-state index contributed by atoms with van der Waals surface area (Å²) in [5, 5.41) is 7.01. The highest BCUT2D eigenvalue weighted by Gasteiger charge is 2.45. The van der Waals surface area contributed by atoms with Gasteiger partial charge in [-0.3, -0.25) is 9.89 Å². The second kappa shape index (κ2) is 6.02. The fourth-order valence-corrected chi connectivity index (χ4v) is 3.90. The molecule has 6 heteroatoms. The lowest BCUT2D eigenvalue weighted by atomic mass is 9.87. The van der Waals surface area contributed by atoms with Crippen LogP contribution >= 0.6 is 0 Å². The Balaban J connectivity index is 1.55. The molecule has 2 aliphatic heterocycles. The van der Waals surface area contributed by atoms with E-state index in [0.717, 1.165) is 24.1 Å². The third-order valence-corrected chi connectivity index (χ3v) is 5.21. The molecule has 1 aromatic heterocycles. The fourth-order valence-electron chi connectivity index (χ4n) is 3.90. The number of hydrogen-bond acceptors (Lipinski definition) is 4. The first kappa shape index (κ1) is 15.9. The molecule has 130 valence electrons. The number of nitrogens with one attached hydrogen (secondary N) is 1. The highest BCUT2D eigenvalue weighted by Crippen LogP contribution is 2.32. The molecule has 1 saturated heterocycles. The maximum absolute atomic E-state index is 13.2. The minimum absolute atomic E-state index is 0.112. The van der Waals surface area contributed by atoms with E-state index in [0.29, 0.717) is 25.1 Å². The number of aromatic nitrogens is 2. The van der Waals surface area contributed by atoms with Crippen molar-refractivity contribution in [3.63, 3.8) is 0 Å². The first-order valence-electron chi connectivity index (χ1n) is 8.67. The molecule has 0 unspecified atom stereocenters. The molecule has 0 saturated carbocycles. The van der Waals surface area contributed by atoms with Crippen LogP contribution in [0.25, 0.3) is 0 Å². The van der Waals surface area contributed by atoms with Crippen molar-refractivity contribution in [3.05, 3.63) is 53.3 Å². The SMILES string of the molecule is C[C@@]1(C(=O)N2CCC[C@@H](c3ccn[nH]3)C2)Cc2ccccc2C(=O)O1. The van der Waals surface area contributed by atoms with Gasteiger partial charge in [0, 0.05) is 37.3 Å². The van der Waals surface area contributed by atoms with Gasteiger partial charge in [0.1, 0.15) is 0 Å². The third kappa shape index (κ3) is 2.81. The summed E-state index contributed by atoms with van der Waals surface area (Å²) in [6.45, 7) is 3.04. The van der Waals surface area contributed by atoms with Gasteiger partial charge < -0.3 is 9.64 Å². The Kier molecular flexibility index (Phi) is 3.82. The molecule has 6 nitrogen and oxygen atoms in total. The van der Waals surface area contributed by atoms with Crippen molar-refractivity contribution in [3.8, 4) is 0 Å². The lowest BCUT2D eigenvalue weighted by molar-refractivity contribution is -0.152. The Bertz CT molecular complexity index is 802. The van der Waals surface area contributed by atoms with Crippen LogP contribution in [0.5, 0.6) is 0 Å². The van der Waals surface area contributed by atoms with Crippen molar-refractivity contribution >= 4 is 11.9 Å². The van der Waals surface area contributed by atoms with Crippen LogP contribution in [-0.2, 0) is 16.0 Å². The van der Waals surface area contributed by atoms with E-state index in [4.69, 9.17) is 4.74 Å². The average Bonchev–Trinajstić information content (AvgIpc) is 3.16. The minimum Gasteiger partial charge on any atom is -0.445 e. The summed E-state index contributed by atoms with van der Waals surface area (Å²) in [6, 6.07) is 9.29. The standard InChI is InChI=1S/C19H21N3O3/c1-19(11-13-5-2-3-7-15(13)17(23)25-19)18(24)22-10-4-6-14(12-22)16-8-9-20-21-16/h2-3,5,7-9,14H,4,6,10-12H2,1H3,(H,20,21)/t14-,19+/m1/s1. The topological polar surface area (TPSA) is 75.3 Å². The van der Waals surface area contributed by atoms with Gasteiger partial charge >= 0.3 is 5.97 Å². The van der Waals surface area contributed by atoms with Gasteiger partial charge in [-0.05, 0) is 37.5 Å². The number of hydrogen-bond donors (Lipinski definition) is 1. The lowest BCUT2D eigenvalue weighted by Crippen LogP contribution is -2.55. The van der Waals surface area contributed by atoms with Gasteiger partial charge in [-0.15, -0.1) is 0 Å². The van der Waals surface area contributed by atoms with Crippen molar-refractivity contribution in [2.45, 2.75) is 37.7 Å². The molecular weight excluding hydrogens is 318 g/mol. The predicted octanol–water partition coefficient (Wildman–Crippen LogP) is 2.29. The molecule has 25 heavy (non-hydrogen) atoms. The molecule has 3 heterocycles. The maximum atomic E-state index is 13.2. The maximum Gasteiger partial charge on any atom is 0.339 e. The predicted molar refractivity (Wildman–Crippen MR) is 91.1 cm³/mol. The minimum atomic E-state index is -1.14. The largest absolute Gasteiger partial charge is 0.445 e. The van der Waals surface area contributed by atoms with Crippen LogP contribution in [0, 0.1) is 0 Å². The molecule has 0 bridgehead atoms. The number of amides is 1. The number of likely N-dealkylation sites (tertiary alicyclic amines) is 1. The number of benzene rings is 1.